The zero-order valence-corrected chi connectivity index (χ0v) is 19.3. The van der Waals surface area contributed by atoms with Crippen LogP contribution in [-0.2, 0) is 17.5 Å². The largest absolute Gasteiger partial charge is 0.416 e. The SMILES string of the molecule is CCCSC1NC(=O)/C(=C/c2ccc3c(cnn3Cc3ccc(Cl)cc3C(F)(F)F)c2)S1. The Balaban J connectivity index is 1.58. The number of hydrogen-bond donors (Lipinski definition) is 1. The number of carbonyl (C=O) groups is 1. The summed E-state index contributed by atoms with van der Waals surface area (Å²) in [5, 5.41) is 8.04. The maximum Gasteiger partial charge on any atom is 0.416 e. The highest BCUT2D eigenvalue weighted by atomic mass is 35.5. The van der Waals surface area contributed by atoms with E-state index >= 15 is 0 Å². The molecule has 1 fully saturated rings. The van der Waals surface area contributed by atoms with E-state index in [4.69, 9.17) is 11.6 Å². The third-order valence-corrected chi connectivity index (χ3v) is 7.73. The molecule has 1 saturated heterocycles. The predicted octanol–water partition coefficient (Wildman–Crippen LogP) is 6.39. The fourth-order valence-corrected chi connectivity index (χ4v) is 5.81. The van der Waals surface area contributed by atoms with Gasteiger partial charge in [-0.15, -0.1) is 11.8 Å². The molecule has 0 bridgehead atoms. The number of alkyl halides is 3. The van der Waals surface area contributed by atoms with Gasteiger partial charge in [-0.25, -0.2) is 0 Å². The molecule has 2 aromatic carbocycles. The second kappa shape index (κ2) is 9.41. The summed E-state index contributed by atoms with van der Waals surface area (Å²) in [7, 11) is 0. The zero-order chi connectivity index (χ0) is 22.9. The van der Waals surface area contributed by atoms with E-state index in [-0.39, 0.29) is 27.7 Å². The number of fused-ring (bicyclic) bond motifs is 1. The first-order valence-electron chi connectivity index (χ1n) is 9.86. The van der Waals surface area contributed by atoms with Crippen LogP contribution in [0.2, 0.25) is 5.02 Å². The molecule has 1 amide bonds. The van der Waals surface area contributed by atoms with Crippen LogP contribution in [0.3, 0.4) is 0 Å². The highest BCUT2D eigenvalue weighted by molar-refractivity contribution is 8.19. The summed E-state index contributed by atoms with van der Waals surface area (Å²) in [5.74, 6) is 0.877. The van der Waals surface area contributed by atoms with Gasteiger partial charge in [0.05, 0.1) is 28.7 Å². The minimum atomic E-state index is -4.50. The zero-order valence-electron chi connectivity index (χ0n) is 16.9. The van der Waals surface area contributed by atoms with Gasteiger partial charge in [0.25, 0.3) is 5.91 Å². The van der Waals surface area contributed by atoms with Gasteiger partial charge in [-0.3, -0.25) is 9.48 Å². The summed E-state index contributed by atoms with van der Waals surface area (Å²) in [4.78, 5) is 12.9. The van der Waals surface area contributed by atoms with Crippen molar-refractivity contribution in [2.75, 3.05) is 5.75 Å². The van der Waals surface area contributed by atoms with Crippen molar-refractivity contribution >= 4 is 58.0 Å². The van der Waals surface area contributed by atoms with E-state index in [1.807, 2.05) is 18.2 Å². The first kappa shape index (κ1) is 23.1. The minimum absolute atomic E-state index is 0.0161. The van der Waals surface area contributed by atoms with Gasteiger partial charge in [-0.2, -0.15) is 18.3 Å². The summed E-state index contributed by atoms with van der Waals surface area (Å²) in [6, 6.07) is 9.26. The maximum atomic E-state index is 13.4. The third-order valence-electron chi connectivity index (χ3n) is 4.84. The van der Waals surface area contributed by atoms with Gasteiger partial charge in [0.2, 0.25) is 0 Å². The third kappa shape index (κ3) is 5.10. The first-order chi connectivity index (χ1) is 15.2. The molecule has 4 nitrogen and oxygen atoms in total. The normalized spacial score (nSPS) is 18.0. The number of hydrogen-bond acceptors (Lipinski definition) is 4. The monoisotopic (exact) mass is 497 g/mol. The van der Waals surface area contributed by atoms with Crippen LogP contribution in [-0.4, -0.2) is 26.1 Å². The van der Waals surface area contributed by atoms with Gasteiger partial charge in [-0.05, 0) is 53.6 Å². The Morgan fingerprint density at radius 2 is 2.09 bits per heavy atom. The van der Waals surface area contributed by atoms with Gasteiger partial charge < -0.3 is 5.32 Å². The van der Waals surface area contributed by atoms with Crippen molar-refractivity contribution in [1.82, 2.24) is 15.1 Å². The lowest BCUT2D eigenvalue weighted by Crippen LogP contribution is -2.21. The Kier molecular flexibility index (Phi) is 6.78. The van der Waals surface area contributed by atoms with Crippen LogP contribution in [0.4, 0.5) is 13.2 Å². The van der Waals surface area contributed by atoms with E-state index in [1.165, 1.54) is 28.6 Å². The van der Waals surface area contributed by atoms with Crippen LogP contribution in [0.5, 0.6) is 0 Å². The number of carbonyl (C=O) groups excluding carboxylic acids is 1. The molecule has 0 aliphatic carbocycles. The van der Waals surface area contributed by atoms with E-state index in [2.05, 4.69) is 17.3 Å². The first-order valence-corrected chi connectivity index (χ1v) is 12.2. The molecule has 1 atom stereocenters. The number of aromatic nitrogens is 2. The molecule has 1 aliphatic heterocycles. The van der Waals surface area contributed by atoms with Crippen molar-refractivity contribution in [3.8, 4) is 0 Å². The van der Waals surface area contributed by atoms with Gasteiger partial charge in [0.1, 0.15) is 4.71 Å². The molecule has 1 unspecified atom stereocenters. The van der Waals surface area contributed by atoms with Gasteiger partial charge in [0.15, 0.2) is 0 Å². The van der Waals surface area contributed by atoms with Crippen LogP contribution < -0.4 is 5.32 Å². The van der Waals surface area contributed by atoms with Crippen LogP contribution >= 0.6 is 35.1 Å². The van der Waals surface area contributed by atoms with E-state index in [0.717, 1.165) is 29.2 Å². The number of halogens is 4. The molecule has 0 spiro atoms. The lowest BCUT2D eigenvalue weighted by Gasteiger charge is -2.14. The van der Waals surface area contributed by atoms with Crippen molar-refractivity contribution in [1.29, 1.82) is 0 Å². The van der Waals surface area contributed by atoms with Crippen molar-refractivity contribution in [2.45, 2.75) is 30.8 Å². The summed E-state index contributed by atoms with van der Waals surface area (Å²) < 4.78 is 41.8. The molecule has 2 heterocycles. The summed E-state index contributed by atoms with van der Waals surface area (Å²) in [5.41, 5.74) is 0.857. The molecule has 32 heavy (non-hydrogen) atoms. The summed E-state index contributed by atoms with van der Waals surface area (Å²) in [6.07, 6.45) is -0.0281. The second-order valence-corrected chi connectivity index (χ2v) is 10.3. The fourth-order valence-electron chi connectivity index (χ4n) is 3.36. The van der Waals surface area contributed by atoms with E-state index < -0.39 is 11.7 Å². The van der Waals surface area contributed by atoms with E-state index in [9.17, 15) is 18.0 Å². The van der Waals surface area contributed by atoms with Gasteiger partial charge in [-0.1, -0.05) is 42.4 Å². The standard InChI is InChI=1S/C22H19ClF3N3OS2/c1-2-7-31-21-28-20(30)19(32-21)9-13-3-6-18-15(8-13)11-27-29(18)12-14-4-5-16(23)10-17(14)22(24,25)26/h3-6,8-11,21H,2,7,12H2,1H3,(H,28,30)/b19-9-. The average Bonchev–Trinajstić information content (AvgIpc) is 3.30. The molecule has 168 valence electrons. The van der Waals surface area contributed by atoms with Crippen molar-refractivity contribution in [2.24, 2.45) is 0 Å². The molecule has 0 saturated carbocycles. The van der Waals surface area contributed by atoms with Crippen molar-refractivity contribution < 1.29 is 18.0 Å². The Labute approximate surface area is 196 Å². The van der Waals surface area contributed by atoms with E-state index in [1.54, 1.807) is 24.0 Å². The predicted molar refractivity (Wildman–Crippen MR) is 126 cm³/mol. The highest BCUT2D eigenvalue weighted by Crippen LogP contribution is 2.36. The molecule has 4 rings (SSSR count). The number of thioether (sulfide) groups is 2. The molecule has 1 aliphatic rings. The molecule has 3 aromatic rings. The molecule has 0 radical (unpaired) electrons. The number of nitrogens with zero attached hydrogens (tertiary/aromatic N) is 2. The van der Waals surface area contributed by atoms with Crippen LogP contribution in [0.15, 0.2) is 47.5 Å². The smallest absolute Gasteiger partial charge is 0.331 e. The van der Waals surface area contributed by atoms with Gasteiger partial charge in [0, 0.05) is 10.4 Å². The fraction of sp³-hybridized carbons (Fsp3) is 0.273. The molecule has 1 aromatic heterocycles. The highest BCUT2D eigenvalue weighted by Gasteiger charge is 2.33. The summed E-state index contributed by atoms with van der Waals surface area (Å²) >= 11 is 8.97. The van der Waals surface area contributed by atoms with Crippen LogP contribution in [0.25, 0.3) is 17.0 Å². The topological polar surface area (TPSA) is 46.9 Å². The number of benzene rings is 2. The molecular weight excluding hydrogens is 479 g/mol. The average molecular weight is 498 g/mol. The Morgan fingerprint density at radius 1 is 1.28 bits per heavy atom. The molecular formula is C22H19ClF3N3OS2. The lowest BCUT2D eigenvalue weighted by atomic mass is 10.1. The second-order valence-electron chi connectivity index (χ2n) is 7.22. The Morgan fingerprint density at radius 3 is 2.84 bits per heavy atom. The lowest BCUT2D eigenvalue weighted by molar-refractivity contribution is -0.138. The van der Waals surface area contributed by atoms with Crippen LogP contribution in [0, 0.1) is 0 Å². The number of rotatable bonds is 6. The number of amides is 1. The minimum Gasteiger partial charge on any atom is -0.331 e. The van der Waals surface area contributed by atoms with Crippen molar-refractivity contribution in [3.05, 3.63) is 69.2 Å². The van der Waals surface area contributed by atoms with Gasteiger partial charge >= 0.3 is 6.18 Å². The Hall–Kier alpha value is -2.10. The van der Waals surface area contributed by atoms with Crippen LogP contribution in [0.1, 0.15) is 30.0 Å². The van der Waals surface area contributed by atoms with E-state index in [0.29, 0.717) is 10.4 Å². The maximum absolute atomic E-state index is 13.4. The van der Waals surface area contributed by atoms with Crippen molar-refractivity contribution in [3.63, 3.8) is 0 Å². The summed E-state index contributed by atoms with van der Waals surface area (Å²) in [6.45, 7) is 2.06. The molecule has 10 heteroatoms. The Bertz CT molecular complexity index is 1190. The number of nitrogens with one attached hydrogen (secondary N) is 1. The quantitative estimate of drug-likeness (QED) is 0.401. The molecule has 1 N–H and O–H groups in total.